The lowest BCUT2D eigenvalue weighted by molar-refractivity contribution is -0.118. The molecule has 0 aliphatic heterocycles. The van der Waals surface area contributed by atoms with E-state index < -0.39 is 5.91 Å². The molecule has 0 spiro atoms. The largest absolute Gasteiger partial charge is 0.370 e. The second-order valence-electron chi connectivity index (χ2n) is 6.21. The minimum absolute atomic E-state index is 0.0876. The average Bonchev–Trinajstić information content (AvgIpc) is 2.58. The molecule has 2 rings (SSSR count). The highest BCUT2D eigenvalue weighted by molar-refractivity contribution is 5.94. The molecular weight excluding hydrogens is 300 g/mol. The molecule has 0 fully saturated rings. The molecule has 0 saturated carbocycles. The van der Waals surface area contributed by atoms with Crippen molar-refractivity contribution in [3.05, 3.63) is 71.3 Å². The van der Waals surface area contributed by atoms with Crippen LogP contribution < -0.4 is 5.73 Å². The lowest BCUT2D eigenvalue weighted by Crippen LogP contribution is -2.33. The van der Waals surface area contributed by atoms with Crippen LogP contribution in [0.15, 0.2) is 54.6 Å². The summed E-state index contributed by atoms with van der Waals surface area (Å²) in [4.78, 5) is 25.6. The summed E-state index contributed by atoms with van der Waals surface area (Å²) >= 11 is 0. The monoisotopic (exact) mass is 324 g/mol. The molecule has 0 unspecified atom stereocenters. The van der Waals surface area contributed by atoms with Crippen LogP contribution in [-0.4, -0.2) is 23.3 Å². The van der Waals surface area contributed by atoms with Crippen LogP contribution in [0.25, 0.3) is 0 Å². The molecule has 0 aliphatic rings. The molecule has 2 amide bonds. The summed E-state index contributed by atoms with van der Waals surface area (Å²) in [6.07, 6.45) is 0.155. The maximum Gasteiger partial charge on any atom is 0.254 e. The normalized spacial score (nSPS) is 10.6. The number of carbonyl (C=O) groups is 2. The van der Waals surface area contributed by atoms with E-state index in [9.17, 15) is 9.59 Å². The van der Waals surface area contributed by atoms with Crippen LogP contribution in [0.2, 0.25) is 0 Å². The Morgan fingerprint density at radius 2 is 1.62 bits per heavy atom. The molecule has 126 valence electrons. The standard InChI is InChI=1S/C20H24N2O2/c1-15(2)17-8-10-18(11-9-17)20(24)22(13-12-19(21)23)14-16-6-4-3-5-7-16/h3-11,15H,12-14H2,1-2H3,(H2,21,23). The summed E-state index contributed by atoms with van der Waals surface area (Å²) in [6.45, 7) is 5.00. The smallest absolute Gasteiger partial charge is 0.254 e. The predicted molar refractivity (Wildman–Crippen MR) is 95.5 cm³/mol. The van der Waals surface area contributed by atoms with Gasteiger partial charge in [0, 0.05) is 25.1 Å². The minimum Gasteiger partial charge on any atom is -0.370 e. The highest BCUT2D eigenvalue weighted by atomic mass is 16.2. The molecular formula is C20H24N2O2. The summed E-state index contributed by atoms with van der Waals surface area (Å²) in [5.41, 5.74) is 8.09. The number of rotatable bonds is 7. The van der Waals surface area contributed by atoms with Gasteiger partial charge in [0.2, 0.25) is 5.91 Å². The molecule has 0 aromatic heterocycles. The van der Waals surface area contributed by atoms with Gasteiger partial charge < -0.3 is 10.6 Å². The third-order valence-corrected chi connectivity index (χ3v) is 3.96. The van der Waals surface area contributed by atoms with Gasteiger partial charge in [0.1, 0.15) is 0 Å². The Hall–Kier alpha value is -2.62. The van der Waals surface area contributed by atoms with Gasteiger partial charge in [0.15, 0.2) is 0 Å². The number of nitrogens with two attached hydrogens (primary N) is 1. The molecule has 2 aromatic carbocycles. The first-order chi connectivity index (χ1) is 11.5. The van der Waals surface area contributed by atoms with E-state index in [1.165, 1.54) is 5.56 Å². The predicted octanol–water partition coefficient (Wildman–Crippen LogP) is 3.33. The minimum atomic E-state index is -0.406. The summed E-state index contributed by atoms with van der Waals surface area (Å²) in [5, 5.41) is 0. The van der Waals surface area contributed by atoms with Gasteiger partial charge in [-0.05, 0) is 29.2 Å². The quantitative estimate of drug-likeness (QED) is 0.849. The third-order valence-electron chi connectivity index (χ3n) is 3.96. The fourth-order valence-electron chi connectivity index (χ4n) is 2.49. The van der Waals surface area contributed by atoms with Crippen LogP contribution in [0.3, 0.4) is 0 Å². The molecule has 0 atom stereocenters. The van der Waals surface area contributed by atoms with E-state index in [2.05, 4.69) is 13.8 Å². The average molecular weight is 324 g/mol. The van der Waals surface area contributed by atoms with Gasteiger partial charge >= 0.3 is 0 Å². The van der Waals surface area contributed by atoms with E-state index in [-0.39, 0.29) is 12.3 Å². The summed E-state index contributed by atoms with van der Waals surface area (Å²) in [5.74, 6) is -0.0733. The molecule has 0 bridgehead atoms. The van der Waals surface area contributed by atoms with Crippen molar-refractivity contribution in [1.82, 2.24) is 4.90 Å². The van der Waals surface area contributed by atoms with Crippen molar-refractivity contribution in [2.24, 2.45) is 5.73 Å². The van der Waals surface area contributed by atoms with Crippen LogP contribution in [0.1, 0.15) is 47.7 Å². The van der Waals surface area contributed by atoms with E-state index in [4.69, 9.17) is 5.73 Å². The van der Waals surface area contributed by atoms with Crippen LogP contribution in [0.4, 0.5) is 0 Å². The van der Waals surface area contributed by atoms with E-state index in [1.807, 2.05) is 54.6 Å². The molecule has 2 N–H and O–H groups in total. The van der Waals surface area contributed by atoms with Crippen LogP contribution >= 0.6 is 0 Å². The van der Waals surface area contributed by atoms with Crippen molar-refractivity contribution < 1.29 is 9.59 Å². The molecule has 0 aliphatic carbocycles. The van der Waals surface area contributed by atoms with E-state index in [1.54, 1.807) is 4.90 Å². The fraction of sp³-hybridized carbons (Fsp3) is 0.300. The third kappa shape index (κ3) is 4.95. The van der Waals surface area contributed by atoms with Crippen LogP contribution in [0.5, 0.6) is 0 Å². The second kappa shape index (κ2) is 8.29. The highest BCUT2D eigenvalue weighted by Gasteiger charge is 2.17. The number of amides is 2. The molecule has 4 nitrogen and oxygen atoms in total. The zero-order chi connectivity index (χ0) is 17.5. The second-order valence-corrected chi connectivity index (χ2v) is 6.21. The number of carbonyl (C=O) groups excluding carboxylic acids is 2. The SMILES string of the molecule is CC(C)c1ccc(C(=O)N(CCC(N)=O)Cc2ccccc2)cc1. The van der Waals surface area contributed by atoms with Crippen molar-refractivity contribution in [2.75, 3.05) is 6.54 Å². The number of nitrogens with zero attached hydrogens (tertiary/aromatic N) is 1. The number of hydrogen-bond acceptors (Lipinski definition) is 2. The van der Waals surface area contributed by atoms with Crippen molar-refractivity contribution in [2.45, 2.75) is 32.7 Å². The van der Waals surface area contributed by atoms with Crippen molar-refractivity contribution >= 4 is 11.8 Å². The van der Waals surface area contributed by atoms with Gasteiger partial charge in [-0.1, -0.05) is 56.3 Å². The zero-order valence-electron chi connectivity index (χ0n) is 14.2. The first kappa shape index (κ1) is 17.7. The molecule has 4 heteroatoms. The molecule has 0 radical (unpaired) electrons. The van der Waals surface area contributed by atoms with Gasteiger partial charge in [0.25, 0.3) is 5.91 Å². The summed E-state index contributed by atoms with van der Waals surface area (Å²) in [7, 11) is 0. The van der Waals surface area contributed by atoms with Gasteiger partial charge in [-0.25, -0.2) is 0 Å². The maximum atomic E-state index is 12.8. The Morgan fingerprint density at radius 1 is 1.00 bits per heavy atom. The first-order valence-electron chi connectivity index (χ1n) is 8.19. The Labute approximate surface area is 143 Å². The van der Waals surface area contributed by atoms with E-state index >= 15 is 0 Å². The fourth-order valence-corrected chi connectivity index (χ4v) is 2.49. The zero-order valence-corrected chi connectivity index (χ0v) is 14.2. The lowest BCUT2D eigenvalue weighted by atomic mass is 10.0. The summed E-state index contributed by atoms with van der Waals surface area (Å²) in [6, 6.07) is 17.4. The Morgan fingerprint density at radius 3 is 2.17 bits per heavy atom. The van der Waals surface area contributed by atoms with Crippen molar-refractivity contribution in [1.29, 1.82) is 0 Å². The van der Waals surface area contributed by atoms with Crippen molar-refractivity contribution in [3.63, 3.8) is 0 Å². The van der Waals surface area contributed by atoms with E-state index in [0.29, 0.717) is 24.6 Å². The van der Waals surface area contributed by atoms with E-state index in [0.717, 1.165) is 5.56 Å². The lowest BCUT2D eigenvalue weighted by Gasteiger charge is -2.22. The maximum absolute atomic E-state index is 12.8. The van der Waals surface area contributed by atoms with Crippen LogP contribution in [-0.2, 0) is 11.3 Å². The van der Waals surface area contributed by atoms with Gasteiger partial charge in [-0.15, -0.1) is 0 Å². The number of benzene rings is 2. The Balaban J connectivity index is 2.17. The number of hydrogen-bond donors (Lipinski definition) is 1. The topological polar surface area (TPSA) is 63.4 Å². The molecule has 0 saturated heterocycles. The van der Waals surface area contributed by atoms with Gasteiger partial charge in [0.05, 0.1) is 0 Å². The summed E-state index contributed by atoms with van der Waals surface area (Å²) < 4.78 is 0. The highest BCUT2D eigenvalue weighted by Crippen LogP contribution is 2.17. The Bertz CT molecular complexity index is 679. The number of primary amides is 1. The van der Waals surface area contributed by atoms with Gasteiger partial charge in [-0.3, -0.25) is 9.59 Å². The molecule has 24 heavy (non-hydrogen) atoms. The molecule has 0 heterocycles. The Kier molecular flexibility index (Phi) is 6.13. The molecule has 2 aromatic rings. The first-order valence-corrected chi connectivity index (χ1v) is 8.19. The van der Waals surface area contributed by atoms with Gasteiger partial charge in [-0.2, -0.15) is 0 Å². The van der Waals surface area contributed by atoms with Crippen molar-refractivity contribution in [3.8, 4) is 0 Å². The van der Waals surface area contributed by atoms with Crippen LogP contribution in [0, 0.1) is 0 Å².